The van der Waals surface area contributed by atoms with Gasteiger partial charge >= 0.3 is 13.8 Å². The second-order valence-electron chi connectivity index (χ2n) is 3.87. The van der Waals surface area contributed by atoms with Gasteiger partial charge in [0.1, 0.15) is 6.10 Å². The number of cyclic esters (lactones) is 1. The first-order chi connectivity index (χ1) is 9.28. The minimum absolute atomic E-state index is 0.106. The number of nitrogens with two attached hydrogens (primary N) is 1. The highest BCUT2D eigenvalue weighted by Gasteiger charge is 2.40. The van der Waals surface area contributed by atoms with Crippen LogP contribution in [-0.4, -0.2) is 58.1 Å². The van der Waals surface area contributed by atoms with E-state index in [9.17, 15) is 24.5 Å². The standard InChI is InChI=1S/C9H16NO9P/c10-2-1-3-17-20(15,16)18-4-5(11)8-6(12)7(13)9(14)19-8/h5,8,11-13H,1-4,10H2,(H,15,16)/t5-,8+/m0/s1. The van der Waals surface area contributed by atoms with Crippen molar-refractivity contribution in [2.45, 2.75) is 18.6 Å². The molecule has 10 nitrogen and oxygen atoms in total. The van der Waals surface area contributed by atoms with Gasteiger partial charge in [0.25, 0.3) is 0 Å². The summed E-state index contributed by atoms with van der Waals surface area (Å²) in [5.41, 5.74) is 5.17. The molecule has 1 aliphatic heterocycles. The molecule has 0 amide bonds. The van der Waals surface area contributed by atoms with E-state index in [-0.39, 0.29) is 13.2 Å². The van der Waals surface area contributed by atoms with Crippen molar-refractivity contribution in [3.05, 3.63) is 11.5 Å². The third-order valence-electron chi connectivity index (χ3n) is 2.30. The maximum Gasteiger partial charge on any atom is 0.472 e. The molecule has 0 fully saturated rings. The SMILES string of the molecule is NCCCOP(=O)(O)OC[C@H](O)[C@H]1OC(=O)C(O)=C1O. The maximum absolute atomic E-state index is 11.3. The van der Waals surface area contributed by atoms with E-state index in [4.69, 9.17) is 10.8 Å². The van der Waals surface area contributed by atoms with Crippen molar-refractivity contribution in [1.82, 2.24) is 0 Å². The van der Waals surface area contributed by atoms with Crippen LogP contribution < -0.4 is 5.73 Å². The van der Waals surface area contributed by atoms with Crippen LogP contribution in [0.2, 0.25) is 0 Å². The van der Waals surface area contributed by atoms with E-state index in [2.05, 4.69) is 13.8 Å². The highest BCUT2D eigenvalue weighted by atomic mass is 31.2. The third kappa shape index (κ3) is 4.44. The van der Waals surface area contributed by atoms with Crippen LogP contribution in [0.15, 0.2) is 11.5 Å². The molecule has 0 spiro atoms. The van der Waals surface area contributed by atoms with E-state index in [0.717, 1.165) is 0 Å². The van der Waals surface area contributed by atoms with Gasteiger partial charge in [0, 0.05) is 0 Å². The van der Waals surface area contributed by atoms with E-state index >= 15 is 0 Å². The molecular formula is C9H16NO9P. The monoisotopic (exact) mass is 313 g/mol. The summed E-state index contributed by atoms with van der Waals surface area (Å²) in [6.07, 6.45) is -2.87. The number of phosphoric ester groups is 1. The van der Waals surface area contributed by atoms with Crippen molar-refractivity contribution in [3.63, 3.8) is 0 Å². The average molecular weight is 313 g/mol. The van der Waals surface area contributed by atoms with E-state index in [1.165, 1.54) is 0 Å². The molecule has 1 aliphatic rings. The largest absolute Gasteiger partial charge is 0.505 e. The molecule has 6 N–H and O–H groups in total. The van der Waals surface area contributed by atoms with Crippen LogP contribution in [-0.2, 0) is 23.1 Å². The molecular weight excluding hydrogens is 297 g/mol. The van der Waals surface area contributed by atoms with Crippen molar-refractivity contribution >= 4 is 13.8 Å². The van der Waals surface area contributed by atoms with Gasteiger partial charge in [-0.15, -0.1) is 0 Å². The molecule has 0 bridgehead atoms. The highest BCUT2D eigenvalue weighted by molar-refractivity contribution is 7.47. The average Bonchev–Trinajstić information content (AvgIpc) is 2.64. The Bertz CT molecular complexity index is 437. The Kier molecular flexibility index (Phi) is 5.93. The van der Waals surface area contributed by atoms with Gasteiger partial charge in [-0.3, -0.25) is 9.05 Å². The van der Waals surface area contributed by atoms with Gasteiger partial charge in [-0.2, -0.15) is 0 Å². The lowest BCUT2D eigenvalue weighted by Crippen LogP contribution is -2.32. The number of carbonyl (C=O) groups excluding carboxylic acids is 1. The zero-order chi connectivity index (χ0) is 15.3. The Labute approximate surface area is 114 Å². The third-order valence-corrected chi connectivity index (χ3v) is 3.28. The van der Waals surface area contributed by atoms with Gasteiger partial charge in [-0.1, -0.05) is 0 Å². The Morgan fingerprint density at radius 1 is 1.40 bits per heavy atom. The molecule has 1 rings (SSSR count). The first kappa shape index (κ1) is 16.9. The lowest BCUT2D eigenvalue weighted by atomic mass is 10.2. The first-order valence-electron chi connectivity index (χ1n) is 5.61. The van der Waals surface area contributed by atoms with Gasteiger partial charge in [0.05, 0.1) is 13.2 Å². The van der Waals surface area contributed by atoms with Crippen LogP contribution in [0, 0.1) is 0 Å². The summed E-state index contributed by atoms with van der Waals surface area (Å²) in [4.78, 5) is 20.1. The summed E-state index contributed by atoms with van der Waals surface area (Å²) in [6.45, 7) is -0.602. The van der Waals surface area contributed by atoms with Gasteiger partial charge in [0.15, 0.2) is 11.9 Å². The summed E-state index contributed by atoms with van der Waals surface area (Å²) in [5, 5.41) is 27.9. The predicted molar refractivity (Wildman–Crippen MR) is 63.6 cm³/mol. The number of carbonyl (C=O) groups is 1. The Balaban J connectivity index is 2.46. The van der Waals surface area contributed by atoms with Gasteiger partial charge in [-0.25, -0.2) is 9.36 Å². The number of esters is 1. The van der Waals surface area contributed by atoms with E-state index in [0.29, 0.717) is 6.42 Å². The fraction of sp³-hybridized carbons (Fsp3) is 0.667. The summed E-state index contributed by atoms with van der Waals surface area (Å²) < 4.78 is 24.8. The Morgan fingerprint density at radius 3 is 2.55 bits per heavy atom. The molecule has 1 unspecified atom stereocenters. The number of aliphatic hydroxyl groups is 3. The smallest absolute Gasteiger partial charge is 0.472 e. The summed E-state index contributed by atoms with van der Waals surface area (Å²) in [7, 11) is -4.38. The van der Waals surface area contributed by atoms with Gasteiger partial charge < -0.3 is 30.7 Å². The number of rotatable bonds is 8. The van der Waals surface area contributed by atoms with Crippen molar-refractivity contribution in [1.29, 1.82) is 0 Å². The second-order valence-corrected chi connectivity index (χ2v) is 5.32. The van der Waals surface area contributed by atoms with Crippen LogP contribution in [0.5, 0.6) is 0 Å². The van der Waals surface area contributed by atoms with Crippen LogP contribution in [0.1, 0.15) is 6.42 Å². The van der Waals surface area contributed by atoms with Crippen molar-refractivity contribution < 1.29 is 43.4 Å². The lowest BCUT2D eigenvalue weighted by Gasteiger charge is -2.18. The van der Waals surface area contributed by atoms with E-state index in [1.54, 1.807) is 0 Å². The van der Waals surface area contributed by atoms with Crippen LogP contribution in [0.3, 0.4) is 0 Å². The molecule has 0 aromatic heterocycles. The number of hydrogen-bond donors (Lipinski definition) is 5. The van der Waals surface area contributed by atoms with Crippen LogP contribution >= 0.6 is 7.82 Å². The van der Waals surface area contributed by atoms with Crippen LogP contribution in [0.25, 0.3) is 0 Å². The minimum atomic E-state index is -4.38. The Morgan fingerprint density at radius 2 is 2.05 bits per heavy atom. The number of ether oxygens (including phenoxy) is 1. The summed E-state index contributed by atoms with van der Waals surface area (Å²) in [6, 6.07) is 0. The summed E-state index contributed by atoms with van der Waals surface area (Å²) in [5.74, 6) is -3.11. The van der Waals surface area contributed by atoms with E-state index in [1.807, 2.05) is 0 Å². The van der Waals surface area contributed by atoms with Crippen molar-refractivity contribution in [2.75, 3.05) is 19.8 Å². The number of phosphoric acid groups is 1. The highest BCUT2D eigenvalue weighted by Crippen LogP contribution is 2.43. The molecule has 3 atom stereocenters. The maximum atomic E-state index is 11.3. The number of aliphatic hydroxyl groups excluding tert-OH is 3. The normalized spacial score (nSPS) is 23.6. The van der Waals surface area contributed by atoms with Crippen LogP contribution in [0.4, 0.5) is 0 Å². The summed E-state index contributed by atoms with van der Waals surface area (Å²) >= 11 is 0. The quantitative estimate of drug-likeness (QED) is 0.214. The molecule has 1 heterocycles. The zero-order valence-electron chi connectivity index (χ0n) is 10.3. The van der Waals surface area contributed by atoms with Crippen molar-refractivity contribution in [3.8, 4) is 0 Å². The molecule has 0 aromatic carbocycles. The fourth-order valence-corrected chi connectivity index (χ4v) is 2.06. The molecule has 0 radical (unpaired) electrons. The molecule has 0 aromatic rings. The van der Waals surface area contributed by atoms with Gasteiger partial charge in [-0.05, 0) is 13.0 Å². The molecule has 0 aliphatic carbocycles. The molecule has 0 saturated heterocycles. The minimum Gasteiger partial charge on any atom is -0.505 e. The molecule has 11 heteroatoms. The number of hydrogen-bond acceptors (Lipinski definition) is 9. The lowest BCUT2D eigenvalue weighted by molar-refractivity contribution is -0.147. The zero-order valence-corrected chi connectivity index (χ0v) is 11.2. The van der Waals surface area contributed by atoms with Crippen molar-refractivity contribution in [2.24, 2.45) is 5.73 Å². The van der Waals surface area contributed by atoms with E-state index < -0.39 is 44.1 Å². The predicted octanol–water partition coefficient (Wildman–Crippen LogP) is -0.917. The Hall–Kier alpha value is -1.16. The second kappa shape index (κ2) is 7.02. The molecule has 0 saturated carbocycles. The molecule has 116 valence electrons. The topological polar surface area (TPSA) is 169 Å². The first-order valence-corrected chi connectivity index (χ1v) is 7.11. The fourth-order valence-electron chi connectivity index (χ4n) is 1.29. The van der Waals surface area contributed by atoms with Gasteiger partial charge in [0.2, 0.25) is 5.76 Å². The molecule has 20 heavy (non-hydrogen) atoms.